The van der Waals surface area contributed by atoms with Gasteiger partial charge in [-0.3, -0.25) is 4.79 Å². The van der Waals surface area contributed by atoms with Crippen molar-refractivity contribution in [2.24, 2.45) is 0 Å². The Bertz CT molecular complexity index is 798. The van der Waals surface area contributed by atoms with Crippen molar-refractivity contribution in [2.75, 3.05) is 20.8 Å². The van der Waals surface area contributed by atoms with E-state index in [2.05, 4.69) is 14.8 Å². The zero-order valence-corrected chi connectivity index (χ0v) is 14.6. The van der Waals surface area contributed by atoms with Gasteiger partial charge in [0.15, 0.2) is 5.82 Å². The number of aromatic nitrogens is 3. The molecule has 1 amide bonds. The van der Waals surface area contributed by atoms with Gasteiger partial charge in [0.1, 0.15) is 17.3 Å². The lowest BCUT2D eigenvalue weighted by molar-refractivity contribution is -0.132. The molecule has 7 nitrogen and oxygen atoms in total. The van der Waals surface area contributed by atoms with Crippen molar-refractivity contribution in [3.63, 3.8) is 0 Å². The monoisotopic (exact) mass is 342 g/mol. The van der Waals surface area contributed by atoms with Crippen molar-refractivity contribution in [1.29, 1.82) is 0 Å². The lowest BCUT2D eigenvalue weighted by atomic mass is 10.1. The van der Waals surface area contributed by atoms with Gasteiger partial charge in [0.05, 0.1) is 27.2 Å². The Labute approximate surface area is 146 Å². The van der Waals surface area contributed by atoms with E-state index in [1.165, 1.54) is 12.8 Å². The second-order valence-electron chi connectivity index (χ2n) is 6.57. The normalized spacial score (nSPS) is 16.5. The van der Waals surface area contributed by atoms with Crippen LogP contribution in [0.3, 0.4) is 0 Å². The second kappa shape index (κ2) is 6.38. The number of hydrogen-bond acceptors (Lipinski definition) is 5. The Hall–Kier alpha value is -2.57. The van der Waals surface area contributed by atoms with Gasteiger partial charge >= 0.3 is 0 Å². The average Bonchev–Trinajstić information content (AvgIpc) is 3.40. The minimum absolute atomic E-state index is 0.0637. The molecule has 25 heavy (non-hydrogen) atoms. The molecule has 2 heterocycles. The summed E-state index contributed by atoms with van der Waals surface area (Å²) >= 11 is 0. The molecule has 0 atom stereocenters. The van der Waals surface area contributed by atoms with Gasteiger partial charge in [-0.15, -0.1) is 10.2 Å². The number of benzene rings is 1. The van der Waals surface area contributed by atoms with Gasteiger partial charge in [0.25, 0.3) is 0 Å². The van der Waals surface area contributed by atoms with Crippen LogP contribution in [0.5, 0.6) is 11.5 Å². The largest absolute Gasteiger partial charge is 0.497 e. The van der Waals surface area contributed by atoms with Crippen molar-refractivity contribution in [2.45, 2.75) is 38.3 Å². The molecule has 4 rings (SSSR count). The topological polar surface area (TPSA) is 69.5 Å². The Balaban J connectivity index is 1.48. The number of fused-ring (bicyclic) bond motifs is 1. The van der Waals surface area contributed by atoms with Gasteiger partial charge in [-0.25, -0.2) is 0 Å². The summed E-state index contributed by atoms with van der Waals surface area (Å²) in [6, 6.07) is 5.51. The molecule has 1 aliphatic heterocycles. The number of carbonyl (C=O) groups excluding carboxylic acids is 1. The van der Waals surface area contributed by atoms with Crippen molar-refractivity contribution in [3.05, 3.63) is 35.4 Å². The first-order valence-electron chi connectivity index (χ1n) is 8.60. The van der Waals surface area contributed by atoms with Crippen LogP contribution in [-0.4, -0.2) is 46.3 Å². The molecule has 0 N–H and O–H groups in total. The molecule has 0 bridgehead atoms. The number of nitrogens with zero attached hydrogens (tertiary/aromatic N) is 4. The molecule has 2 aromatic rings. The molecule has 7 heteroatoms. The molecule has 1 aromatic heterocycles. The van der Waals surface area contributed by atoms with E-state index < -0.39 is 0 Å². The zero-order valence-electron chi connectivity index (χ0n) is 14.6. The number of amides is 1. The lowest BCUT2D eigenvalue weighted by Gasteiger charge is -2.28. The van der Waals surface area contributed by atoms with E-state index in [4.69, 9.17) is 9.47 Å². The Kier molecular flexibility index (Phi) is 4.07. The molecule has 1 fully saturated rings. The van der Waals surface area contributed by atoms with Crippen LogP contribution in [0.25, 0.3) is 0 Å². The minimum atomic E-state index is 0.0637. The number of hydrogen-bond donors (Lipinski definition) is 0. The van der Waals surface area contributed by atoms with Gasteiger partial charge < -0.3 is 18.9 Å². The molecule has 1 aliphatic carbocycles. The highest BCUT2D eigenvalue weighted by molar-refractivity contribution is 5.79. The van der Waals surface area contributed by atoms with Crippen molar-refractivity contribution in [3.8, 4) is 11.5 Å². The molecular formula is C18H22N4O3. The average molecular weight is 342 g/mol. The van der Waals surface area contributed by atoms with Crippen LogP contribution in [0.2, 0.25) is 0 Å². The fourth-order valence-corrected chi connectivity index (χ4v) is 3.33. The third-order valence-electron chi connectivity index (χ3n) is 4.91. The van der Waals surface area contributed by atoms with E-state index in [9.17, 15) is 4.79 Å². The van der Waals surface area contributed by atoms with Crippen LogP contribution >= 0.6 is 0 Å². The molecule has 0 saturated heterocycles. The summed E-state index contributed by atoms with van der Waals surface area (Å²) in [6.07, 6.45) is 2.69. The van der Waals surface area contributed by atoms with Gasteiger partial charge in [-0.1, -0.05) is 0 Å². The molecule has 0 spiro atoms. The molecule has 0 radical (unpaired) electrons. The van der Waals surface area contributed by atoms with Crippen LogP contribution in [0.1, 0.15) is 36.0 Å². The summed E-state index contributed by atoms with van der Waals surface area (Å²) in [5.41, 5.74) is 0.831. The van der Waals surface area contributed by atoms with E-state index in [0.29, 0.717) is 24.8 Å². The summed E-state index contributed by atoms with van der Waals surface area (Å²) in [7, 11) is 3.22. The number of carbonyl (C=O) groups is 1. The zero-order chi connectivity index (χ0) is 17.4. The fourth-order valence-electron chi connectivity index (χ4n) is 3.33. The van der Waals surface area contributed by atoms with E-state index in [1.54, 1.807) is 14.2 Å². The SMILES string of the molecule is COc1ccc(OC)c(CC(=O)N2CCn3c(nnc3C3CC3)C2)c1. The summed E-state index contributed by atoms with van der Waals surface area (Å²) in [4.78, 5) is 14.6. The van der Waals surface area contributed by atoms with Crippen LogP contribution < -0.4 is 9.47 Å². The molecular weight excluding hydrogens is 320 g/mol. The molecule has 132 valence electrons. The summed E-state index contributed by atoms with van der Waals surface area (Å²) in [5.74, 6) is 4.04. The highest BCUT2D eigenvalue weighted by atomic mass is 16.5. The second-order valence-corrected chi connectivity index (χ2v) is 6.57. The Morgan fingerprint density at radius 3 is 2.76 bits per heavy atom. The Morgan fingerprint density at radius 2 is 2.04 bits per heavy atom. The minimum Gasteiger partial charge on any atom is -0.497 e. The van der Waals surface area contributed by atoms with Crippen molar-refractivity contribution in [1.82, 2.24) is 19.7 Å². The smallest absolute Gasteiger partial charge is 0.227 e. The lowest BCUT2D eigenvalue weighted by Crippen LogP contribution is -2.39. The maximum absolute atomic E-state index is 12.8. The summed E-state index contributed by atoms with van der Waals surface area (Å²) in [6.45, 7) is 1.98. The van der Waals surface area contributed by atoms with Crippen molar-refractivity contribution < 1.29 is 14.3 Å². The molecule has 0 unspecified atom stereocenters. The quantitative estimate of drug-likeness (QED) is 0.828. The standard InChI is InChI=1S/C18H22N4O3/c1-24-14-5-6-15(25-2)13(9-14)10-17(23)21-7-8-22-16(11-21)19-20-18(22)12-3-4-12/h5-6,9,12H,3-4,7-8,10-11H2,1-2H3. The van der Waals surface area contributed by atoms with E-state index >= 15 is 0 Å². The van der Waals surface area contributed by atoms with Crippen LogP contribution in [0.4, 0.5) is 0 Å². The van der Waals surface area contributed by atoms with E-state index in [1.807, 2.05) is 23.1 Å². The Morgan fingerprint density at radius 1 is 1.20 bits per heavy atom. The van der Waals surface area contributed by atoms with Crippen LogP contribution in [0.15, 0.2) is 18.2 Å². The maximum atomic E-state index is 12.8. The first-order valence-corrected chi connectivity index (χ1v) is 8.60. The fraction of sp³-hybridized carbons (Fsp3) is 0.500. The van der Waals surface area contributed by atoms with Crippen LogP contribution in [0, 0.1) is 0 Å². The highest BCUT2D eigenvalue weighted by Crippen LogP contribution is 2.39. The first kappa shape index (κ1) is 15.9. The maximum Gasteiger partial charge on any atom is 0.227 e. The van der Waals surface area contributed by atoms with Gasteiger partial charge in [-0.05, 0) is 31.0 Å². The molecule has 1 aromatic carbocycles. The predicted octanol–water partition coefficient (Wildman–Crippen LogP) is 1.76. The molecule has 2 aliphatic rings. The first-order chi connectivity index (χ1) is 12.2. The van der Waals surface area contributed by atoms with Crippen LogP contribution in [-0.2, 0) is 24.3 Å². The van der Waals surface area contributed by atoms with Gasteiger partial charge in [0, 0.05) is 24.6 Å². The van der Waals surface area contributed by atoms with Gasteiger partial charge in [-0.2, -0.15) is 0 Å². The number of rotatable bonds is 5. The third kappa shape index (κ3) is 3.06. The van der Waals surface area contributed by atoms with E-state index in [-0.39, 0.29) is 12.3 Å². The third-order valence-corrected chi connectivity index (χ3v) is 4.91. The number of methoxy groups -OCH3 is 2. The predicted molar refractivity (Wildman–Crippen MR) is 90.7 cm³/mol. The summed E-state index contributed by atoms with van der Waals surface area (Å²) < 4.78 is 12.8. The van der Waals surface area contributed by atoms with Crippen molar-refractivity contribution >= 4 is 5.91 Å². The van der Waals surface area contributed by atoms with E-state index in [0.717, 1.165) is 29.5 Å². The summed E-state index contributed by atoms with van der Waals surface area (Å²) in [5, 5.41) is 8.62. The highest BCUT2D eigenvalue weighted by Gasteiger charge is 2.32. The van der Waals surface area contributed by atoms with Gasteiger partial charge in [0.2, 0.25) is 5.91 Å². The molecule has 1 saturated carbocycles. The number of ether oxygens (including phenoxy) is 2.